The maximum atomic E-state index is 12.2. The summed E-state index contributed by atoms with van der Waals surface area (Å²) in [4.78, 5) is 23.6. The molecule has 0 saturated heterocycles. The van der Waals surface area contributed by atoms with Crippen molar-refractivity contribution in [2.45, 2.75) is 17.4 Å². The van der Waals surface area contributed by atoms with Crippen molar-refractivity contribution in [3.63, 3.8) is 0 Å². The number of non-ortho nitro benzene ring substituents is 1. The maximum absolute atomic E-state index is 12.2. The lowest BCUT2D eigenvalue weighted by Crippen LogP contribution is -2.34. The molecule has 3 rings (SSSR count). The number of fused-ring (bicyclic) bond motifs is 1. The lowest BCUT2D eigenvalue weighted by Gasteiger charge is -2.26. The number of halogens is 1. The Morgan fingerprint density at radius 2 is 2.12 bits per heavy atom. The van der Waals surface area contributed by atoms with Crippen molar-refractivity contribution in [2.24, 2.45) is 0 Å². The molecule has 1 aliphatic heterocycles. The maximum Gasteiger partial charge on any atom is 0.319 e. The van der Waals surface area contributed by atoms with Crippen LogP contribution in [0.25, 0.3) is 0 Å². The van der Waals surface area contributed by atoms with Gasteiger partial charge in [0.05, 0.1) is 11.0 Å². The number of nitrogens with zero attached hydrogens (tertiary/aromatic N) is 1. The molecule has 24 heavy (non-hydrogen) atoms. The molecule has 0 spiro atoms. The summed E-state index contributed by atoms with van der Waals surface area (Å²) in [5, 5.41) is 17.0. The van der Waals surface area contributed by atoms with Crippen LogP contribution >= 0.6 is 23.4 Å². The number of hydrogen-bond acceptors (Lipinski definition) is 4. The Kier molecular flexibility index (Phi) is 4.92. The quantitative estimate of drug-likeness (QED) is 0.616. The first-order chi connectivity index (χ1) is 11.5. The van der Waals surface area contributed by atoms with Gasteiger partial charge in [-0.1, -0.05) is 17.7 Å². The summed E-state index contributed by atoms with van der Waals surface area (Å²) in [6.45, 7) is 0. The predicted molar refractivity (Wildman–Crippen MR) is 94.8 cm³/mol. The number of benzene rings is 2. The van der Waals surface area contributed by atoms with E-state index in [1.54, 1.807) is 17.8 Å². The van der Waals surface area contributed by atoms with Crippen LogP contribution in [-0.4, -0.2) is 16.7 Å². The van der Waals surface area contributed by atoms with Gasteiger partial charge >= 0.3 is 6.03 Å². The van der Waals surface area contributed by atoms with Gasteiger partial charge in [0.2, 0.25) is 0 Å². The van der Waals surface area contributed by atoms with Crippen molar-refractivity contribution in [1.29, 1.82) is 0 Å². The zero-order chi connectivity index (χ0) is 17.1. The number of thioether (sulfide) groups is 1. The van der Waals surface area contributed by atoms with Crippen LogP contribution in [0.15, 0.2) is 47.4 Å². The van der Waals surface area contributed by atoms with Crippen molar-refractivity contribution in [1.82, 2.24) is 5.32 Å². The molecule has 0 aliphatic carbocycles. The molecule has 1 heterocycles. The highest BCUT2D eigenvalue weighted by atomic mass is 35.5. The van der Waals surface area contributed by atoms with Crippen molar-refractivity contribution < 1.29 is 9.72 Å². The van der Waals surface area contributed by atoms with Crippen molar-refractivity contribution in [3.8, 4) is 0 Å². The van der Waals surface area contributed by atoms with E-state index in [0.717, 1.165) is 22.6 Å². The second-order valence-corrected chi connectivity index (χ2v) is 6.85. The fourth-order valence-corrected chi connectivity index (χ4v) is 3.82. The number of carbonyl (C=O) groups excluding carboxylic acids is 1. The molecule has 2 amide bonds. The summed E-state index contributed by atoms with van der Waals surface area (Å²) in [6, 6.07) is 10.9. The molecule has 6 nitrogen and oxygen atoms in total. The number of nitro groups is 1. The van der Waals surface area contributed by atoms with E-state index in [0.29, 0.717) is 10.7 Å². The number of nitrogens with one attached hydrogen (secondary N) is 2. The molecule has 2 aromatic carbocycles. The minimum Gasteiger partial charge on any atom is -0.331 e. The Bertz CT molecular complexity index is 800. The van der Waals surface area contributed by atoms with Gasteiger partial charge in [0, 0.05) is 33.5 Å². The number of carbonyl (C=O) groups is 1. The molecule has 0 bridgehead atoms. The van der Waals surface area contributed by atoms with Gasteiger partial charge in [0.1, 0.15) is 0 Å². The summed E-state index contributed by atoms with van der Waals surface area (Å²) < 4.78 is 0. The molecule has 0 saturated carbocycles. The lowest BCUT2D eigenvalue weighted by molar-refractivity contribution is -0.384. The van der Waals surface area contributed by atoms with Crippen molar-refractivity contribution >= 4 is 40.8 Å². The zero-order valence-corrected chi connectivity index (χ0v) is 14.1. The SMILES string of the molecule is O=C(Nc1cccc([N+](=O)[O-])c1)N[C@@H]1CCSc2ccc(Cl)cc21. The number of nitro benzene ring substituents is 1. The Labute approximate surface area is 147 Å². The molecular formula is C16H14ClN3O3S. The fourth-order valence-electron chi connectivity index (χ4n) is 2.54. The van der Waals surface area contributed by atoms with Crippen LogP contribution in [0.5, 0.6) is 0 Å². The summed E-state index contributed by atoms with van der Waals surface area (Å²) >= 11 is 7.79. The Morgan fingerprint density at radius 1 is 1.29 bits per heavy atom. The van der Waals surface area contributed by atoms with Gasteiger partial charge in [0.15, 0.2) is 0 Å². The van der Waals surface area contributed by atoms with Crippen LogP contribution in [0.3, 0.4) is 0 Å². The molecule has 0 aromatic heterocycles. The molecule has 8 heteroatoms. The van der Waals surface area contributed by atoms with E-state index in [9.17, 15) is 14.9 Å². The van der Waals surface area contributed by atoms with E-state index in [1.807, 2.05) is 18.2 Å². The van der Waals surface area contributed by atoms with Crippen LogP contribution in [0.2, 0.25) is 5.02 Å². The summed E-state index contributed by atoms with van der Waals surface area (Å²) in [6.07, 6.45) is 0.792. The van der Waals surface area contributed by atoms with Crippen LogP contribution in [-0.2, 0) is 0 Å². The van der Waals surface area contributed by atoms with E-state index in [-0.39, 0.29) is 11.7 Å². The molecule has 2 N–H and O–H groups in total. The molecule has 0 radical (unpaired) electrons. The number of rotatable bonds is 3. The first kappa shape index (κ1) is 16.6. The first-order valence-corrected chi connectivity index (χ1v) is 8.63. The third kappa shape index (κ3) is 3.80. The summed E-state index contributed by atoms with van der Waals surface area (Å²) in [5.74, 6) is 0.899. The highest BCUT2D eigenvalue weighted by molar-refractivity contribution is 7.99. The second-order valence-electron chi connectivity index (χ2n) is 5.28. The minimum absolute atomic E-state index is 0.0704. The van der Waals surface area contributed by atoms with Crippen molar-refractivity contribution in [3.05, 3.63) is 63.2 Å². The van der Waals surface area contributed by atoms with E-state index in [4.69, 9.17) is 11.6 Å². The number of anilines is 1. The first-order valence-electron chi connectivity index (χ1n) is 7.27. The largest absolute Gasteiger partial charge is 0.331 e. The Hall–Kier alpha value is -2.25. The van der Waals surface area contributed by atoms with Gasteiger partial charge in [-0.15, -0.1) is 11.8 Å². The molecule has 0 unspecified atom stereocenters. The van der Waals surface area contributed by atoms with Gasteiger partial charge in [-0.3, -0.25) is 10.1 Å². The van der Waals surface area contributed by atoms with E-state index in [2.05, 4.69) is 10.6 Å². The molecule has 124 valence electrons. The van der Waals surface area contributed by atoms with Gasteiger partial charge in [0.25, 0.3) is 5.69 Å². The van der Waals surface area contributed by atoms with Crippen LogP contribution < -0.4 is 10.6 Å². The van der Waals surface area contributed by atoms with E-state index >= 15 is 0 Å². The average molecular weight is 364 g/mol. The predicted octanol–water partition coefficient (Wildman–Crippen LogP) is 4.61. The molecule has 1 atom stereocenters. The van der Waals surface area contributed by atoms with Crippen LogP contribution in [0.1, 0.15) is 18.0 Å². The normalized spacial score (nSPS) is 16.1. The number of hydrogen-bond donors (Lipinski definition) is 2. The fraction of sp³-hybridized carbons (Fsp3) is 0.188. The van der Waals surface area contributed by atoms with Gasteiger partial charge in [-0.05, 0) is 36.2 Å². The van der Waals surface area contributed by atoms with Gasteiger partial charge in [-0.25, -0.2) is 4.79 Å². The third-order valence-electron chi connectivity index (χ3n) is 3.63. The lowest BCUT2D eigenvalue weighted by atomic mass is 10.0. The summed E-state index contributed by atoms with van der Waals surface area (Å²) in [7, 11) is 0. The monoisotopic (exact) mass is 363 g/mol. The van der Waals surface area contributed by atoms with Crippen LogP contribution in [0.4, 0.5) is 16.2 Å². The number of amides is 2. The molecule has 2 aromatic rings. The molecule has 1 aliphatic rings. The highest BCUT2D eigenvalue weighted by Gasteiger charge is 2.22. The van der Waals surface area contributed by atoms with Crippen molar-refractivity contribution in [2.75, 3.05) is 11.1 Å². The Morgan fingerprint density at radius 3 is 2.92 bits per heavy atom. The number of urea groups is 1. The topological polar surface area (TPSA) is 84.3 Å². The van der Waals surface area contributed by atoms with Gasteiger partial charge in [-0.2, -0.15) is 0 Å². The highest BCUT2D eigenvalue weighted by Crippen LogP contribution is 2.37. The van der Waals surface area contributed by atoms with Gasteiger partial charge < -0.3 is 10.6 Å². The smallest absolute Gasteiger partial charge is 0.319 e. The third-order valence-corrected chi connectivity index (χ3v) is 4.99. The second kappa shape index (κ2) is 7.11. The minimum atomic E-state index is -0.500. The molecular weight excluding hydrogens is 350 g/mol. The van der Waals surface area contributed by atoms with E-state index < -0.39 is 11.0 Å². The van der Waals surface area contributed by atoms with E-state index in [1.165, 1.54) is 18.2 Å². The standard InChI is InChI=1S/C16H14ClN3O3S/c17-10-4-5-15-13(8-10)14(6-7-24-15)19-16(21)18-11-2-1-3-12(9-11)20(22)23/h1-5,8-9,14H,6-7H2,(H2,18,19,21)/t14-/m1/s1. The Balaban J connectivity index is 1.71. The summed E-state index contributed by atoms with van der Waals surface area (Å²) in [5.41, 5.74) is 1.30. The average Bonchev–Trinajstić information content (AvgIpc) is 2.55. The molecule has 0 fully saturated rings. The van der Waals surface area contributed by atoms with Crippen LogP contribution in [0, 0.1) is 10.1 Å². The zero-order valence-electron chi connectivity index (χ0n) is 12.5.